The second-order valence-corrected chi connectivity index (χ2v) is 3.36. The summed E-state index contributed by atoms with van der Waals surface area (Å²) in [4.78, 5) is 0. The van der Waals surface area contributed by atoms with Crippen LogP contribution in [0.25, 0.3) is 10.8 Å². The Hall–Kier alpha value is -1.65. The fourth-order valence-electron chi connectivity index (χ4n) is 1.63. The van der Waals surface area contributed by atoms with E-state index < -0.39 is 12.4 Å². The highest BCUT2D eigenvalue weighted by atomic mass is 19.4. The lowest BCUT2D eigenvalue weighted by molar-refractivity contribution is 0.502. The zero-order valence-electron chi connectivity index (χ0n) is 7.75. The summed E-state index contributed by atoms with van der Waals surface area (Å²) < 4.78 is 38.0. The Labute approximate surface area is 84.8 Å². The minimum atomic E-state index is -4.99. The number of rotatable bonds is 1. The summed E-state index contributed by atoms with van der Waals surface area (Å²) in [6, 6.07) is 8.62. The molecule has 0 atom stereocenters. The standard InChI is InChI=1S/C10H8BF3N/c12-11(13,14)9-5-6-10(15)8-4-2-1-3-7(8)9/h1-6H,15H2/q-1. The predicted molar refractivity (Wildman–Crippen MR) is 57.1 cm³/mol. The van der Waals surface area contributed by atoms with Gasteiger partial charge in [0.2, 0.25) is 0 Å². The summed E-state index contributed by atoms with van der Waals surface area (Å²) in [6.45, 7) is -4.99. The van der Waals surface area contributed by atoms with E-state index >= 15 is 0 Å². The van der Waals surface area contributed by atoms with Crippen LogP contribution in [0.2, 0.25) is 0 Å². The molecule has 0 saturated heterocycles. The summed E-state index contributed by atoms with van der Waals surface area (Å²) in [5, 5.41) is 0.624. The predicted octanol–water partition coefficient (Wildman–Crippen LogP) is 2.48. The highest BCUT2D eigenvalue weighted by Gasteiger charge is 2.27. The zero-order valence-corrected chi connectivity index (χ0v) is 7.75. The summed E-state index contributed by atoms with van der Waals surface area (Å²) in [5.41, 5.74) is 5.39. The number of benzene rings is 2. The molecule has 0 aliphatic rings. The van der Waals surface area contributed by atoms with Gasteiger partial charge in [0.1, 0.15) is 0 Å². The maximum absolute atomic E-state index is 12.7. The lowest BCUT2D eigenvalue weighted by Crippen LogP contribution is -2.34. The van der Waals surface area contributed by atoms with Crippen molar-refractivity contribution in [1.82, 2.24) is 0 Å². The Kier molecular flexibility index (Phi) is 2.10. The molecule has 2 aromatic carbocycles. The van der Waals surface area contributed by atoms with E-state index in [2.05, 4.69) is 0 Å². The van der Waals surface area contributed by atoms with E-state index in [0.29, 0.717) is 11.1 Å². The van der Waals surface area contributed by atoms with Gasteiger partial charge >= 0.3 is 6.98 Å². The molecule has 0 aliphatic carbocycles. The molecule has 2 rings (SSSR count). The number of fused-ring (bicyclic) bond motifs is 1. The largest absolute Gasteiger partial charge is 0.510 e. The first kappa shape index (κ1) is 9.89. The van der Waals surface area contributed by atoms with Crippen LogP contribution in [0.3, 0.4) is 0 Å². The summed E-state index contributed by atoms with van der Waals surface area (Å²) in [6.07, 6.45) is 0. The average molecular weight is 210 g/mol. The molecule has 15 heavy (non-hydrogen) atoms. The van der Waals surface area contributed by atoms with Gasteiger partial charge < -0.3 is 18.7 Å². The first-order chi connectivity index (χ1) is 7.00. The number of halogens is 3. The molecule has 0 aliphatic heterocycles. The normalized spacial score (nSPS) is 11.9. The van der Waals surface area contributed by atoms with Gasteiger partial charge in [0.15, 0.2) is 0 Å². The number of hydrogen-bond donors (Lipinski definition) is 1. The lowest BCUT2D eigenvalue weighted by Gasteiger charge is -2.18. The van der Waals surface area contributed by atoms with E-state index in [0.717, 1.165) is 6.07 Å². The van der Waals surface area contributed by atoms with Crippen LogP contribution in [-0.4, -0.2) is 6.98 Å². The number of nitrogen functional groups attached to an aromatic ring is 1. The molecular weight excluding hydrogens is 202 g/mol. The van der Waals surface area contributed by atoms with Gasteiger partial charge in [-0.15, -0.1) is 5.46 Å². The topological polar surface area (TPSA) is 26.0 Å². The number of hydrogen-bond acceptors (Lipinski definition) is 1. The molecule has 0 spiro atoms. The van der Waals surface area contributed by atoms with Crippen LogP contribution in [0.5, 0.6) is 0 Å². The monoisotopic (exact) mass is 210 g/mol. The van der Waals surface area contributed by atoms with E-state index in [1.807, 2.05) is 0 Å². The maximum Gasteiger partial charge on any atom is 0.510 e. The summed E-state index contributed by atoms with van der Waals surface area (Å²) in [7, 11) is 0. The van der Waals surface area contributed by atoms with Crippen molar-refractivity contribution in [3.8, 4) is 0 Å². The highest BCUT2D eigenvalue weighted by molar-refractivity contribution is 6.76. The third-order valence-electron chi connectivity index (χ3n) is 2.34. The Morgan fingerprint density at radius 1 is 0.867 bits per heavy atom. The van der Waals surface area contributed by atoms with E-state index in [4.69, 9.17) is 5.73 Å². The Morgan fingerprint density at radius 2 is 1.47 bits per heavy atom. The van der Waals surface area contributed by atoms with Crippen molar-refractivity contribution in [2.45, 2.75) is 0 Å². The van der Waals surface area contributed by atoms with Gasteiger partial charge in [-0.2, -0.15) is 0 Å². The van der Waals surface area contributed by atoms with Crippen LogP contribution < -0.4 is 11.2 Å². The third kappa shape index (κ3) is 1.65. The van der Waals surface area contributed by atoms with Crippen molar-refractivity contribution >= 4 is 28.9 Å². The quantitative estimate of drug-likeness (QED) is 0.567. The molecule has 0 radical (unpaired) electrons. The lowest BCUT2D eigenvalue weighted by atomic mass is 9.77. The second kappa shape index (κ2) is 3.19. The van der Waals surface area contributed by atoms with Gasteiger partial charge in [0, 0.05) is 11.1 Å². The van der Waals surface area contributed by atoms with Gasteiger partial charge in [-0.25, -0.2) is 0 Å². The molecule has 0 bridgehead atoms. The summed E-state index contributed by atoms with van der Waals surface area (Å²) >= 11 is 0. The first-order valence-electron chi connectivity index (χ1n) is 4.47. The van der Waals surface area contributed by atoms with Crippen LogP contribution in [0.1, 0.15) is 0 Å². The molecule has 0 saturated carbocycles. The minimum absolute atomic E-state index is 0.171. The van der Waals surface area contributed by atoms with Gasteiger partial charge in [-0.3, -0.25) is 0 Å². The van der Waals surface area contributed by atoms with Gasteiger partial charge in [-0.05, 0) is 11.5 Å². The van der Waals surface area contributed by atoms with Crippen molar-refractivity contribution < 1.29 is 12.9 Å². The molecule has 1 nitrogen and oxygen atoms in total. The molecule has 0 heterocycles. The summed E-state index contributed by atoms with van der Waals surface area (Å²) in [5.74, 6) is 0. The molecule has 5 heteroatoms. The van der Waals surface area contributed by atoms with Crippen molar-refractivity contribution in [2.75, 3.05) is 5.73 Å². The number of nitrogens with two attached hydrogens (primary N) is 1. The highest BCUT2D eigenvalue weighted by Crippen LogP contribution is 2.22. The SMILES string of the molecule is Nc1ccc([B-](F)(F)F)c2ccccc12. The fourth-order valence-corrected chi connectivity index (χ4v) is 1.63. The molecule has 0 unspecified atom stereocenters. The van der Waals surface area contributed by atoms with E-state index in [1.54, 1.807) is 18.2 Å². The smallest absolute Gasteiger partial charge is 0.445 e. The average Bonchev–Trinajstić information content (AvgIpc) is 2.17. The van der Waals surface area contributed by atoms with Gasteiger partial charge in [0.05, 0.1) is 0 Å². The van der Waals surface area contributed by atoms with Crippen LogP contribution in [0.15, 0.2) is 36.4 Å². The first-order valence-corrected chi connectivity index (χ1v) is 4.47. The van der Waals surface area contributed by atoms with E-state index in [-0.39, 0.29) is 5.39 Å². The van der Waals surface area contributed by atoms with Crippen molar-refractivity contribution in [2.24, 2.45) is 0 Å². The molecule has 78 valence electrons. The van der Waals surface area contributed by atoms with Gasteiger partial charge in [0.25, 0.3) is 0 Å². The molecule has 2 N–H and O–H groups in total. The zero-order chi connectivity index (χ0) is 11.1. The van der Waals surface area contributed by atoms with E-state index in [1.165, 1.54) is 12.1 Å². The van der Waals surface area contributed by atoms with Gasteiger partial charge in [-0.1, -0.05) is 30.3 Å². The van der Waals surface area contributed by atoms with E-state index in [9.17, 15) is 12.9 Å². The molecule has 0 fully saturated rings. The molecule has 2 aromatic rings. The Balaban J connectivity index is 2.84. The van der Waals surface area contributed by atoms with Crippen LogP contribution in [-0.2, 0) is 0 Å². The van der Waals surface area contributed by atoms with Crippen molar-refractivity contribution in [3.05, 3.63) is 36.4 Å². The molecule has 0 amide bonds. The Morgan fingerprint density at radius 3 is 2.07 bits per heavy atom. The van der Waals surface area contributed by atoms with Crippen LogP contribution in [0.4, 0.5) is 18.6 Å². The fraction of sp³-hybridized carbons (Fsp3) is 0. The minimum Gasteiger partial charge on any atom is -0.445 e. The van der Waals surface area contributed by atoms with Crippen LogP contribution in [0, 0.1) is 0 Å². The third-order valence-corrected chi connectivity index (χ3v) is 2.34. The molecule has 0 aromatic heterocycles. The Bertz CT molecular complexity index is 507. The van der Waals surface area contributed by atoms with Crippen LogP contribution >= 0.6 is 0 Å². The maximum atomic E-state index is 12.7. The van der Waals surface area contributed by atoms with Crippen molar-refractivity contribution in [3.63, 3.8) is 0 Å². The van der Waals surface area contributed by atoms with Crippen molar-refractivity contribution in [1.29, 1.82) is 0 Å². The number of anilines is 1. The second-order valence-electron chi connectivity index (χ2n) is 3.36. The molecular formula is C10H8BF3N-.